The number of piperidine rings is 1. The Hall–Kier alpha value is -2.42. The summed E-state index contributed by atoms with van der Waals surface area (Å²) in [5, 5.41) is 1.21. The standard InChI is InChI=1S/C33H45BrN4O3/c1-7-38-30-12-11-24(34)16-27(30)29(18-33(4,5)21-41-23(3)39)32(38)28-17-26(19-35-31(28)22(2)40-6)37-15-14-36-13-9-8-10-25(36)20-37/h11-12,16-17,19,22,25H,7-10,13-15,18,20-21H2,1-6H3/t22?,25-/m1/s1. The minimum Gasteiger partial charge on any atom is -0.465 e. The van der Waals surface area contributed by atoms with Gasteiger partial charge in [-0.3, -0.25) is 14.7 Å². The number of esters is 1. The van der Waals surface area contributed by atoms with Crippen molar-refractivity contribution in [1.29, 1.82) is 0 Å². The van der Waals surface area contributed by atoms with Gasteiger partial charge >= 0.3 is 5.97 Å². The molecular weight excluding hydrogens is 580 g/mol. The minimum atomic E-state index is -0.259. The van der Waals surface area contributed by atoms with E-state index in [1.165, 1.54) is 60.6 Å². The number of aromatic nitrogens is 2. The molecule has 7 nitrogen and oxygen atoms in total. The van der Waals surface area contributed by atoms with Crippen molar-refractivity contribution in [2.45, 2.75) is 79.0 Å². The van der Waals surface area contributed by atoms with Crippen molar-refractivity contribution in [1.82, 2.24) is 14.5 Å². The number of rotatable bonds is 9. The predicted octanol–water partition coefficient (Wildman–Crippen LogP) is 7.00. The Labute approximate surface area is 253 Å². The number of carbonyl (C=O) groups excluding carboxylic acids is 1. The second-order valence-electron chi connectivity index (χ2n) is 12.5. The molecule has 2 saturated heterocycles. The molecule has 222 valence electrons. The Bertz CT molecular complexity index is 1400. The maximum atomic E-state index is 11.7. The first-order chi connectivity index (χ1) is 19.6. The normalized spacial score (nSPS) is 18.9. The number of anilines is 1. The molecular formula is C33H45BrN4O3. The van der Waals surface area contributed by atoms with Gasteiger partial charge in [0.15, 0.2) is 0 Å². The molecule has 0 amide bonds. The molecule has 0 aliphatic carbocycles. The lowest BCUT2D eigenvalue weighted by atomic mass is 9.84. The third-order valence-electron chi connectivity index (χ3n) is 8.87. The van der Waals surface area contributed by atoms with Crippen LogP contribution in [0.2, 0.25) is 0 Å². The molecule has 2 aromatic heterocycles. The molecule has 1 aromatic carbocycles. The second-order valence-corrected chi connectivity index (χ2v) is 13.4. The highest BCUT2D eigenvalue weighted by atomic mass is 79.9. The van der Waals surface area contributed by atoms with Gasteiger partial charge in [-0.15, -0.1) is 0 Å². The number of hydrogen-bond acceptors (Lipinski definition) is 6. The van der Waals surface area contributed by atoms with Gasteiger partial charge in [-0.2, -0.15) is 0 Å². The van der Waals surface area contributed by atoms with E-state index in [9.17, 15) is 4.79 Å². The maximum absolute atomic E-state index is 11.7. The van der Waals surface area contributed by atoms with E-state index in [-0.39, 0.29) is 17.5 Å². The number of methoxy groups -OCH3 is 1. The molecule has 3 aromatic rings. The Balaban J connectivity index is 1.67. The lowest BCUT2D eigenvalue weighted by molar-refractivity contribution is -0.143. The number of carbonyl (C=O) groups is 1. The third-order valence-corrected chi connectivity index (χ3v) is 9.36. The molecule has 0 bridgehead atoms. The number of benzene rings is 1. The summed E-state index contributed by atoms with van der Waals surface area (Å²) in [6.45, 7) is 15.7. The summed E-state index contributed by atoms with van der Waals surface area (Å²) < 4.78 is 14.9. The van der Waals surface area contributed by atoms with Crippen molar-refractivity contribution in [3.63, 3.8) is 0 Å². The number of hydrogen-bond donors (Lipinski definition) is 0. The number of piperazine rings is 1. The summed E-state index contributed by atoms with van der Waals surface area (Å²) in [6.07, 6.45) is 6.55. The fraction of sp³-hybridized carbons (Fsp3) is 0.576. The first-order valence-corrected chi connectivity index (χ1v) is 15.9. The number of aryl methyl sites for hydroxylation is 1. The van der Waals surface area contributed by atoms with Gasteiger partial charge in [-0.1, -0.05) is 36.2 Å². The zero-order valence-electron chi connectivity index (χ0n) is 25.5. The van der Waals surface area contributed by atoms with Gasteiger partial charge < -0.3 is 18.9 Å². The molecule has 0 radical (unpaired) electrons. The third kappa shape index (κ3) is 6.35. The molecule has 2 atom stereocenters. The quantitative estimate of drug-likeness (QED) is 0.239. The fourth-order valence-corrected chi connectivity index (χ4v) is 7.05. The number of pyridine rings is 1. The van der Waals surface area contributed by atoms with Crippen LogP contribution in [0.3, 0.4) is 0 Å². The van der Waals surface area contributed by atoms with E-state index in [1.807, 2.05) is 6.20 Å². The van der Waals surface area contributed by atoms with Crippen molar-refractivity contribution < 1.29 is 14.3 Å². The van der Waals surface area contributed by atoms with Crippen LogP contribution in [0.25, 0.3) is 22.2 Å². The zero-order valence-corrected chi connectivity index (χ0v) is 27.1. The lowest BCUT2D eigenvalue weighted by Gasteiger charge is -2.45. The SMILES string of the molecule is CCn1c(-c2cc(N3CCN4CCCC[C@@H]4C3)cnc2C(C)OC)c(CC(C)(C)COC(C)=O)c2cc(Br)ccc21. The van der Waals surface area contributed by atoms with Crippen molar-refractivity contribution >= 4 is 38.5 Å². The Morgan fingerprint density at radius 2 is 2.00 bits per heavy atom. The van der Waals surface area contributed by atoms with E-state index in [1.54, 1.807) is 7.11 Å². The average molecular weight is 626 g/mol. The summed E-state index contributed by atoms with van der Waals surface area (Å²) in [7, 11) is 1.75. The monoisotopic (exact) mass is 624 g/mol. The molecule has 0 saturated carbocycles. The van der Waals surface area contributed by atoms with Crippen LogP contribution in [0.5, 0.6) is 0 Å². The lowest BCUT2D eigenvalue weighted by Crippen LogP contribution is -2.54. The van der Waals surface area contributed by atoms with Crippen molar-refractivity contribution in [3.05, 3.63) is 46.2 Å². The van der Waals surface area contributed by atoms with Gasteiger partial charge in [0.25, 0.3) is 0 Å². The van der Waals surface area contributed by atoms with Crippen LogP contribution < -0.4 is 4.90 Å². The smallest absolute Gasteiger partial charge is 0.302 e. The van der Waals surface area contributed by atoms with Crippen LogP contribution in [0.1, 0.15) is 71.2 Å². The molecule has 41 heavy (non-hydrogen) atoms. The van der Waals surface area contributed by atoms with Gasteiger partial charge in [-0.05, 0) is 69.5 Å². The average Bonchev–Trinajstić information content (AvgIpc) is 3.26. The number of nitrogens with zero attached hydrogens (tertiary/aromatic N) is 4. The topological polar surface area (TPSA) is 59.8 Å². The van der Waals surface area contributed by atoms with E-state index in [4.69, 9.17) is 14.5 Å². The van der Waals surface area contributed by atoms with Crippen LogP contribution >= 0.6 is 15.9 Å². The first-order valence-electron chi connectivity index (χ1n) is 15.1. The Kier molecular flexibility index (Phi) is 9.12. The highest BCUT2D eigenvalue weighted by Crippen LogP contribution is 2.42. The molecule has 0 N–H and O–H groups in total. The Morgan fingerprint density at radius 3 is 2.73 bits per heavy atom. The van der Waals surface area contributed by atoms with Gasteiger partial charge in [0.2, 0.25) is 0 Å². The summed E-state index contributed by atoms with van der Waals surface area (Å²) in [6, 6.07) is 9.52. The van der Waals surface area contributed by atoms with E-state index >= 15 is 0 Å². The van der Waals surface area contributed by atoms with Gasteiger partial charge in [0.05, 0.1) is 36.0 Å². The Morgan fingerprint density at radius 1 is 1.20 bits per heavy atom. The number of ether oxygens (including phenoxy) is 2. The van der Waals surface area contributed by atoms with Gasteiger partial charge in [-0.25, -0.2) is 0 Å². The van der Waals surface area contributed by atoms with Crippen molar-refractivity contribution in [3.8, 4) is 11.3 Å². The van der Waals surface area contributed by atoms with Crippen molar-refractivity contribution in [2.75, 3.05) is 44.8 Å². The molecule has 5 rings (SSSR count). The minimum absolute atomic E-state index is 0.161. The summed E-state index contributed by atoms with van der Waals surface area (Å²) >= 11 is 3.73. The predicted molar refractivity (Wildman–Crippen MR) is 170 cm³/mol. The molecule has 8 heteroatoms. The van der Waals surface area contributed by atoms with Crippen molar-refractivity contribution in [2.24, 2.45) is 5.41 Å². The summed E-state index contributed by atoms with van der Waals surface area (Å²) in [5.74, 6) is -0.247. The van der Waals surface area contributed by atoms with Crippen LogP contribution in [0.4, 0.5) is 5.69 Å². The van der Waals surface area contributed by atoms with E-state index < -0.39 is 0 Å². The molecule has 2 fully saturated rings. The number of halogens is 1. The summed E-state index contributed by atoms with van der Waals surface area (Å²) in [4.78, 5) is 22.0. The maximum Gasteiger partial charge on any atom is 0.302 e. The fourth-order valence-electron chi connectivity index (χ4n) is 6.69. The molecule has 1 unspecified atom stereocenters. The second kappa shape index (κ2) is 12.4. The van der Waals surface area contributed by atoms with Crippen LogP contribution in [-0.4, -0.2) is 66.4 Å². The summed E-state index contributed by atoms with van der Waals surface area (Å²) in [5.41, 5.74) is 6.61. The molecule has 4 heterocycles. The van der Waals surface area contributed by atoms with Crippen LogP contribution in [-0.2, 0) is 27.2 Å². The van der Waals surface area contributed by atoms with E-state index in [0.29, 0.717) is 12.6 Å². The van der Waals surface area contributed by atoms with Crippen LogP contribution in [0.15, 0.2) is 34.9 Å². The highest BCUT2D eigenvalue weighted by molar-refractivity contribution is 9.10. The van der Waals surface area contributed by atoms with E-state index in [2.05, 4.69) is 82.3 Å². The first kappa shape index (κ1) is 30.1. The molecule has 0 spiro atoms. The highest BCUT2D eigenvalue weighted by Gasteiger charge is 2.32. The molecule has 2 aliphatic rings. The van der Waals surface area contributed by atoms with Gasteiger partial charge in [0.1, 0.15) is 0 Å². The zero-order chi connectivity index (χ0) is 29.3. The molecule has 2 aliphatic heterocycles. The van der Waals surface area contributed by atoms with E-state index in [0.717, 1.165) is 48.3 Å². The van der Waals surface area contributed by atoms with Crippen LogP contribution in [0, 0.1) is 5.41 Å². The number of fused-ring (bicyclic) bond motifs is 2. The largest absolute Gasteiger partial charge is 0.465 e. The van der Waals surface area contributed by atoms with Gasteiger partial charge in [0, 0.05) is 72.6 Å².